The van der Waals surface area contributed by atoms with Gasteiger partial charge in [0, 0.05) is 21.2 Å². The van der Waals surface area contributed by atoms with E-state index in [4.69, 9.17) is 44.8 Å². The first-order chi connectivity index (χ1) is 23.5. The Morgan fingerprint density at radius 1 is 0.510 bits per heavy atom. The lowest BCUT2D eigenvalue weighted by Gasteiger charge is -2.29. The molecule has 0 saturated heterocycles. The Balaban J connectivity index is -0.000000194. The number of aliphatic hydroxyl groups excluding tert-OH is 4. The number of carbonyl (C=O) groups excluding carboxylic acids is 3. The van der Waals surface area contributed by atoms with Gasteiger partial charge in [0.25, 0.3) is 0 Å². The molecule has 0 amide bonds. The van der Waals surface area contributed by atoms with Gasteiger partial charge in [-0.05, 0) is 6.42 Å². The van der Waals surface area contributed by atoms with Crippen molar-refractivity contribution in [2.75, 3.05) is 63.5 Å². The van der Waals surface area contributed by atoms with Crippen LogP contribution < -0.4 is 0 Å². The van der Waals surface area contributed by atoms with Crippen LogP contribution in [0.4, 0.5) is 0 Å². The molecule has 0 fully saturated rings. The molecule has 7 N–H and O–H groups in total. The van der Waals surface area contributed by atoms with E-state index in [1.54, 1.807) is 20.8 Å². The molecular formula is C29H56O16S6. The summed E-state index contributed by atoms with van der Waals surface area (Å²) in [6.45, 7) is 5.21. The maximum Gasteiger partial charge on any atom is 0.315 e. The van der Waals surface area contributed by atoms with Crippen LogP contribution in [0.2, 0.25) is 0 Å². The number of hydrogen-bond acceptors (Lipinski definition) is 19. The van der Waals surface area contributed by atoms with Gasteiger partial charge >= 0.3 is 35.8 Å². The number of aliphatic carboxylic acids is 3. The van der Waals surface area contributed by atoms with Gasteiger partial charge in [-0.2, -0.15) is 75.8 Å². The van der Waals surface area contributed by atoms with Gasteiger partial charge in [-0.1, -0.05) is 27.7 Å². The van der Waals surface area contributed by atoms with Crippen LogP contribution in [0.3, 0.4) is 0 Å². The second-order valence-electron chi connectivity index (χ2n) is 10.8. The van der Waals surface area contributed by atoms with Crippen LogP contribution >= 0.6 is 75.8 Å². The van der Waals surface area contributed by atoms with Crippen LogP contribution in [0.15, 0.2) is 0 Å². The van der Waals surface area contributed by atoms with E-state index in [1.807, 2.05) is 6.92 Å². The van der Waals surface area contributed by atoms with Crippen LogP contribution in [0.5, 0.6) is 0 Å². The highest BCUT2D eigenvalue weighted by atomic mass is 32.1. The van der Waals surface area contributed by atoms with E-state index in [0.29, 0.717) is 6.42 Å². The first kappa shape index (κ1) is 59.1. The van der Waals surface area contributed by atoms with E-state index in [-0.39, 0.29) is 91.9 Å². The van der Waals surface area contributed by atoms with Crippen LogP contribution in [0, 0.1) is 10.8 Å². The molecule has 0 spiro atoms. The standard InChI is InChI=1S/C11H18O7S3.C6H14O3.3C4H8O2S/c12-4-11(5-16-8(13)1-19,6-17-9(14)2-20)7-18-10(15)3-21;1-2-6(3-7,4-8)5-9;3*1-3(7)2-4(5)6/h12,19-21H,1-7H2;7-9H,2-5H2,1H3;3*3,7H,2H2,1H3,(H,5,6). The van der Waals surface area contributed by atoms with E-state index in [0.717, 1.165) is 0 Å². The summed E-state index contributed by atoms with van der Waals surface area (Å²) >= 11 is 22.8. The maximum atomic E-state index is 11.1. The topological polar surface area (TPSA) is 272 Å². The predicted octanol–water partition coefficient (Wildman–Crippen LogP) is 1.08. The number of aliphatic hydroxyl groups is 4. The molecular weight excluding hydrogens is 797 g/mol. The fraction of sp³-hybridized carbons (Fsp3) is 0.793. The van der Waals surface area contributed by atoms with Crippen molar-refractivity contribution in [3.63, 3.8) is 0 Å². The summed E-state index contributed by atoms with van der Waals surface area (Å²) in [5, 5.41) is 59.5. The van der Waals surface area contributed by atoms with Crippen molar-refractivity contribution in [2.45, 2.75) is 69.1 Å². The molecule has 0 aliphatic heterocycles. The molecule has 0 radical (unpaired) electrons. The lowest BCUT2D eigenvalue weighted by Crippen LogP contribution is -2.43. The quantitative estimate of drug-likeness (QED) is 0.0464. The molecule has 22 heteroatoms. The Morgan fingerprint density at radius 3 is 0.804 bits per heavy atom. The third-order valence-electron chi connectivity index (χ3n) is 5.51. The zero-order valence-electron chi connectivity index (χ0n) is 29.1. The second kappa shape index (κ2) is 37.1. The number of hydrogen-bond donors (Lipinski definition) is 13. The molecule has 0 bridgehead atoms. The Hall–Kier alpha value is -1.24. The minimum atomic E-state index is -1.24. The number of rotatable bonds is 20. The molecule has 3 unspecified atom stereocenters. The predicted molar refractivity (Wildman–Crippen MR) is 210 cm³/mol. The molecule has 16 nitrogen and oxygen atoms in total. The molecule has 0 heterocycles. The smallest absolute Gasteiger partial charge is 0.315 e. The van der Waals surface area contributed by atoms with Gasteiger partial charge < -0.3 is 50.0 Å². The fourth-order valence-electron chi connectivity index (χ4n) is 2.34. The van der Waals surface area contributed by atoms with Crippen molar-refractivity contribution in [1.82, 2.24) is 0 Å². The van der Waals surface area contributed by atoms with Crippen LogP contribution in [-0.4, -0.2) is 151 Å². The minimum Gasteiger partial charge on any atom is -0.481 e. The summed E-state index contributed by atoms with van der Waals surface area (Å²) in [6.07, 6.45) is 1.02. The van der Waals surface area contributed by atoms with Crippen LogP contribution in [0.25, 0.3) is 0 Å². The van der Waals surface area contributed by atoms with E-state index in [1.165, 1.54) is 0 Å². The fourth-order valence-corrected chi connectivity index (χ4v) is 3.09. The lowest BCUT2D eigenvalue weighted by molar-refractivity contribution is -0.162. The van der Waals surface area contributed by atoms with Gasteiger partial charge in [0.05, 0.1) is 68.4 Å². The van der Waals surface area contributed by atoms with Crippen molar-refractivity contribution in [1.29, 1.82) is 0 Å². The number of esters is 3. The van der Waals surface area contributed by atoms with Gasteiger partial charge in [0.2, 0.25) is 0 Å². The number of ether oxygens (including phenoxy) is 3. The highest BCUT2D eigenvalue weighted by molar-refractivity contribution is 7.81. The van der Waals surface area contributed by atoms with Gasteiger partial charge in [-0.3, -0.25) is 28.8 Å². The summed E-state index contributed by atoms with van der Waals surface area (Å²) in [5.41, 5.74) is -1.91. The lowest BCUT2D eigenvalue weighted by atomic mass is 9.88. The van der Waals surface area contributed by atoms with Gasteiger partial charge in [-0.15, -0.1) is 0 Å². The Bertz CT molecular complexity index is 835. The van der Waals surface area contributed by atoms with Crippen molar-refractivity contribution in [2.24, 2.45) is 10.8 Å². The summed E-state index contributed by atoms with van der Waals surface area (Å²) < 4.78 is 14.7. The first-order valence-electron chi connectivity index (χ1n) is 15.0. The summed E-state index contributed by atoms with van der Waals surface area (Å²) in [6, 6.07) is 0. The van der Waals surface area contributed by atoms with E-state index >= 15 is 0 Å². The van der Waals surface area contributed by atoms with Crippen molar-refractivity contribution in [3.8, 4) is 0 Å². The van der Waals surface area contributed by atoms with Crippen molar-refractivity contribution >= 4 is 112 Å². The Kier molecular flexibility index (Phi) is 42.9. The summed E-state index contributed by atoms with van der Waals surface area (Å²) in [5.74, 6) is -4.64. The zero-order chi connectivity index (χ0) is 41.2. The first-order valence-corrected chi connectivity index (χ1v) is 18.4. The van der Waals surface area contributed by atoms with E-state index in [9.17, 15) is 33.9 Å². The van der Waals surface area contributed by atoms with Crippen molar-refractivity contribution in [3.05, 3.63) is 0 Å². The van der Waals surface area contributed by atoms with E-state index < -0.39 is 53.3 Å². The maximum absolute atomic E-state index is 11.1. The molecule has 0 saturated carbocycles. The number of carbonyl (C=O) groups is 6. The van der Waals surface area contributed by atoms with Gasteiger partial charge in [0.15, 0.2) is 0 Å². The Morgan fingerprint density at radius 2 is 0.725 bits per heavy atom. The normalized spacial score (nSPS) is 12.1. The molecule has 0 aromatic carbocycles. The minimum absolute atomic E-state index is 0.0301. The van der Waals surface area contributed by atoms with Crippen LogP contribution in [0.1, 0.15) is 53.4 Å². The summed E-state index contributed by atoms with van der Waals surface area (Å²) in [4.78, 5) is 62.7. The largest absolute Gasteiger partial charge is 0.481 e. The third-order valence-corrected chi connectivity index (χ3v) is 6.83. The van der Waals surface area contributed by atoms with Crippen LogP contribution in [-0.2, 0) is 43.0 Å². The second-order valence-corrected chi connectivity index (χ2v) is 14.4. The highest BCUT2D eigenvalue weighted by Crippen LogP contribution is 2.20. The zero-order valence-corrected chi connectivity index (χ0v) is 34.5. The average molecular weight is 853 g/mol. The van der Waals surface area contributed by atoms with Crippen molar-refractivity contribution < 1.29 is 78.7 Å². The van der Waals surface area contributed by atoms with Gasteiger partial charge in [-0.25, -0.2) is 0 Å². The Labute approximate surface area is 332 Å². The SMILES string of the molecule is CC(S)CC(=O)O.CC(S)CC(=O)O.CC(S)CC(=O)O.CCC(CO)(CO)CO.O=C(CS)OCC(CO)(COC(=O)CS)COC(=O)CS. The average Bonchev–Trinajstić information content (AvgIpc) is 3.04. The molecule has 51 heavy (non-hydrogen) atoms. The number of carboxylic acids is 3. The third kappa shape index (κ3) is 43.1. The molecule has 0 aromatic rings. The number of thiol groups is 6. The number of carboxylic acid groups (broad SMARTS) is 3. The van der Waals surface area contributed by atoms with Gasteiger partial charge in [0.1, 0.15) is 19.8 Å². The molecule has 0 rings (SSSR count). The molecule has 3 atom stereocenters. The molecule has 0 aliphatic rings. The molecule has 0 aliphatic carbocycles. The van der Waals surface area contributed by atoms with E-state index in [2.05, 4.69) is 75.8 Å². The highest BCUT2D eigenvalue weighted by Gasteiger charge is 2.35. The monoisotopic (exact) mass is 852 g/mol. The molecule has 304 valence electrons. The summed E-state index contributed by atoms with van der Waals surface area (Å²) in [7, 11) is 0. The molecule has 0 aromatic heterocycles.